The third kappa shape index (κ3) is 12.5. The Morgan fingerprint density at radius 3 is 2.42 bits per heavy atom. The molecule has 0 heterocycles. The molecule has 0 aromatic carbocycles. The van der Waals surface area contributed by atoms with Crippen LogP contribution >= 0.6 is 0 Å². The van der Waals surface area contributed by atoms with Crippen LogP contribution in [0.5, 0.6) is 0 Å². The van der Waals surface area contributed by atoms with Gasteiger partial charge in [-0.1, -0.05) is 59.8 Å². The van der Waals surface area contributed by atoms with Gasteiger partial charge in [0, 0.05) is 16.7 Å². The molecular weight excluding hydrogens is 252 g/mol. The number of rotatable bonds is 11. The highest BCUT2D eigenvalue weighted by Crippen LogP contribution is 2.28. The lowest BCUT2D eigenvalue weighted by Gasteiger charge is -2.21. The standard InChI is InChI=1S/C16H34O2Si/c1-5-16(4,19)12-13-18-15(17)11-9-7-6-8-10-14(2)3/h14H,5-13H2,1-4,19H3. The number of carbonyl (C=O) groups is 1. The van der Waals surface area contributed by atoms with Crippen molar-refractivity contribution in [2.24, 2.45) is 5.92 Å². The molecule has 0 aliphatic rings. The van der Waals surface area contributed by atoms with Gasteiger partial charge < -0.3 is 4.74 Å². The Morgan fingerprint density at radius 1 is 1.21 bits per heavy atom. The van der Waals surface area contributed by atoms with Gasteiger partial charge in [0.25, 0.3) is 0 Å². The van der Waals surface area contributed by atoms with Crippen LogP contribution in [0.4, 0.5) is 0 Å². The summed E-state index contributed by atoms with van der Waals surface area (Å²) in [5.41, 5.74) is 0. The second-order valence-corrected chi connectivity index (χ2v) is 9.25. The van der Waals surface area contributed by atoms with Gasteiger partial charge in [-0.15, -0.1) is 0 Å². The smallest absolute Gasteiger partial charge is 0.305 e. The number of hydrogen-bond acceptors (Lipinski definition) is 2. The molecule has 0 rings (SSSR count). The average Bonchev–Trinajstić information content (AvgIpc) is 2.33. The van der Waals surface area contributed by atoms with Crippen LogP contribution in [0.2, 0.25) is 5.04 Å². The maximum atomic E-state index is 11.5. The molecule has 0 aromatic rings. The summed E-state index contributed by atoms with van der Waals surface area (Å²) in [6, 6.07) is 0. The van der Waals surface area contributed by atoms with Gasteiger partial charge in [0.1, 0.15) is 0 Å². The summed E-state index contributed by atoms with van der Waals surface area (Å²) in [5.74, 6) is 0.799. The SMILES string of the molecule is CCC(C)([SiH3])CCOC(=O)CCCCCCC(C)C. The molecule has 0 amide bonds. The van der Waals surface area contributed by atoms with Crippen LogP contribution in [-0.4, -0.2) is 22.8 Å². The quantitative estimate of drug-likeness (QED) is 0.327. The lowest BCUT2D eigenvalue weighted by atomic mass is 10.0. The zero-order valence-electron chi connectivity index (χ0n) is 13.8. The Bertz CT molecular complexity index is 237. The van der Waals surface area contributed by atoms with E-state index >= 15 is 0 Å². The molecule has 0 aliphatic heterocycles. The van der Waals surface area contributed by atoms with Crippen molar-refractivity contribution in [2.45, 2.75) is 84.1 Å². The second kappa shape index (κ2) is 10.5. The lowest BCUT2D eigenvalue weighted by Crippen LogP contribution is -2.13. The number of hydrogen-bond donors (Lipinski definition) is 0. The molecule has 0 N–H and O–H groups in total. The van der Waals surface area contributed by atoms with Crippen molar-refractivity contribution in [1.82, 2.24) is 0 Å². The van der Waals surface area contributed by atoms with Gasteiger partial charge in [-0.25, -0.2) is 0 Å². The van der Waals surface area contributed by atoms with Crippen molar-refractivity contribution in [3.63, 3.8) is 0 Å². The van der Waals surface area contributed by atoms with Gasteiger partial charge in [-0.2, -0.15) is 0 Å². The molecule has 2 nitrogen and oxygen atoms in total. The molecule has 0 spiro atoms. The predicted molar refractivity (Wildman–Crippen MR) is 86.7 cm³/mol. The molecular formula is C16H34O2Si. The van der Waals surface area contributed by atoms with Crippen LogP contribution in [0.25, 0.3) is 0 Å². The topological polar surface area (TPSA) is 26.3 Å². The Kier molecular flexibility index (Phi) is 10.3. The highest BCUT2D eigenvalue weighted by Gasteiger charge is 2.15. The van der Waals surface area contributed by atoms with E-state index < -0.39 is 0 Å². The van der Waals surface area contributed by atoms with E-state index in [0.29, 0.717) is 18.1 Å². The van der Waals surface area contributed by atoms with E-state index in [1.54, 1.807) is 0 Å². The Morgan fingerprint density at radius 2 is 1.84 bits per heavy atom. The first-order valence-corrected chi connectivity index (χ1v) is 9.03. The van der Waals surface area contributed by atoms with Crippen molar-refractivity contribution >= 4 is 16.2 Å². The average molecular weight is 287 g/mol. The van der Waals surface area contributed by atoms with Gasteiger partial charge >= 0.3 is 5.97 Å². The van der Waals surface area contributed by atoms with E-state index in [1.165, 1.54) is 35.9 Å². The van der Waals surface area contributed by atoms with Crippen LogP contribution < -0.4 is 0 Å². The number of ether oxygens (including phenoxy) is 1. The van der Waals surface area contributed by atoms with Gasteiger partial charge in [0.2, 0.25) is 0 Å². The van der Waals surface area contributed by atoms with Crippen molar-refractivity contribution < 1.29 is 9.53 Å². The monoisotopic (exact) mass is 286 g/mol. The summed E-state index contributed by atoms with van der Waals surface area (Å²) >= 11 is 0. The van der Waals surface area contributed by atoms with Crippen molar-refractivity contribution in [3.05, 3.63) is 0 Å². The van der Waals surface area contributed by atoms with Crippen LogP contribution in [-0.2, 0) is 9.53 Å². The summed E-state index contributed by atoms with van der Waals surface area (Å²) in [5, 5.41) is 0.428. The normalized spacial score (nSPS) is 14.6. The van der Waals surface area contributed by atoms with Crippen LogP contribution in [0.3, 0.4) is 0 Å². The lowest BCUT2D eigenvalue weighted by molar-refractivity contribution is -0.144. The van der Waals surface area contributed by atoms with E-state index in [0.717, 1.165) is 25.2 Å². The fourth-order valence-electron chi connectivity index (χ4n) is 1.87. The summed E-state index contributed by atoms with van der Waals surface area (Å²) in [4.78, 5) is 11.5. The van der Waals surface area contributed by atoms with Gasteiger partial charge in [-0.05, 0) is 23.8 Å². The maximum Gasteiger partial charge on any atom is 0.305 e. The van der Waals surface area contributed by atoms with Crippen molar-refractivity contribution in [1.29, 1.82) is 0 Å². The third-order valence-electron chi connectivity index (χ3n) is 3.91. The van der Waals surface area contributed by atoms with Crippen molar-refractivity contribution in [2.75, 3.05) is 6.61 Å². The van der Waals surface area contributed by atoms with E-state index in [4.69, 9.17) is 4.74 Å². The summed E-state index contributed by atoms with van der Waals surface area (Å²) in [6.45, 7) is 9.63. The zero-order chi connectivity index (χ0) is 14.7. The van der Waals surface area contributed by atoms with Crippen LogP contribution in [0.1, 0.15) is 79.1 Å². The Labute approximate surface area is 123 Å². The molecule has 0 fully saturated rings. The number of unbranched alkanes of at least 4 members (excludes halogenated alkanes) is 3. The largest absolute Gasteiger partial charge is 0.466 e. The third-order valence-corrected chi connectivity index (χ3v) is 5.12. The molecule has 0 saturated carbocycles. The highest BCUT2D eigenvalue weighted by atomic mass is 28.1. The molecule has 0 saturated heterocycles. The van der Waals surface area contributed by atoms with Gasteiger partial charge in [0.15, 0.2) is 0 Å². The number of carbonyl (C=O) groups excluding carboxylic acids is 1. The fraction of sp³-hybridized carbons (Fsp3) is 0.938. The summed E-state index contributed by atoms with van der Waals surface area (Å²) < 4.78 is 5.31. The first-order valence-electron chi connectivity index (χ1n) is 8.03. The Hall–Kier alpha value is -0.313. The van der Waals surface area contributed by atoms with Gasteiger partial charge in [-0.3, -0.25) is 4.79 Å². The van der Waals surface area contributed by atoms with E-state index in [2.05, 4.69) is 27.7 Å². The first-order chi connectivity index (χ1) is 8.87. The maximum absolute atomic E-state index is 11.5. The summed E-state index contributed by atoms with van der Waals surface area (Å²) in [6.07, 6.45) is 8.81. The fourth-order valence-corrected chi connectivity index (χ4v) is 2.07. The second-order valence-electron chi connectivity index (χ2n) is 6.83. The molecule has 0 aromatic heterocycles. The van der Waals surface area contributed by atoms with E-state index in [1.807, 2.05) is 0 Å². The molecule has 114 valence electrons. The molecule has 1 unspecified atom stereocenters. The minimum atomic E-state index is -0.00238. The van der Waals surface area contributed by atoms with E-state index in [9.17, 15) is 4.79 Å². The predicted octanol–water partition coefficient (Wildman–Crippen LogP) is 3.87. The first kappa shape index (κ1) is 18.7. The molecule has 0 radical (unpaired) electrons. The molecule has 19 heavy (non-hydrogen) atoms. The van der Waals surface area contributed by atoms with Crippen molar-refractivity contribution in [3.8, 4) is 0 Å². The molecule has 3 heteroatoms. The summed E-state index contributed by atoms with van der Waals surface area (Å²) in [7, 11) is 1.17. The highest BCUT2D eigenvalue weighted by molar-refractivity contribution is 6.14. The number of esters is 1. The van der Waals surface area contributed by atoms with Crippen LogP contribution in [0.15, 0.2) is 0 Å². The zero-order valence-corrected chi connectivity index (χ0v) is 15.8. The molecule has 0 bridgehead atoms. The minimum absolute atomic E-state index is 0.00238. The molecule has 1 atom stereocenters. The Balaban J connectivity index is 3.40. The van der Waals surface area contributed by atoms with E-state index in [-0.39, 0.29) is 5.97 Å². The van der Waals surface area contributed by atoms with Crippen LogP contribution in [0, 0.1) is 5.92 Å². The minimum Gasteiger partial charge on any atom is -0.466 e. The molecule has 0 aliphatic carbocycles. The van der Waals surface area contributed by atoms with Gasteiger partial charge in [0.05, 0.1) is 6.61 Å².